The number of hydrogen-bond donors (Lipinski definition) is 0. The Morgan fingerprint density at radius 3 is 0.455 bits per heavy atom. The van der Waals surface area contributed by atoms with Crippen LogP contribution in [-0.4, -0.2) is 0 Å². The van der Waals surface area contributed by atoms with Crippen molar-refractivity contribution in [1.29, 1.82) is 0 Å². The monoisotopic (exact) mass is 464 g/mol. The minimum Gasteiger partial charge on any atom is -0.214 e. The van der Waals surface area contributed by atoms with Gasteiger partial charge in [-0.1, -0.05) is 0 Å². The summed E-state index contributed by atoms with van der Waals surface area (Å²) in [7, 11) is 0. The maximum Gasteiger partial charge on any atom is 2.00 e. The van der Waals surface area contributed by atoms with Crippen molar-refractivity contribution in [2.24, 2.45) is 0 Å². The summed E-state index contributed by atoms with van der Waals surface area (Å²) in [5.74, 6) is 0. The van der Waals surface area contributed by atoms with Gasteiger partial charge in [0.1, 0.15) is 0 Å². The van der Waals surface area contributed by atoms with Crippen LogP contribution >= 0.6 is 0 Å². The Kier molecular flexibility index (Phi) is 20.5. The second-order valence-corrected chi connectivity index (χ2v) is 3.85. The number of hydrogen-bond acceptors (Lipinski definition) is 0. The van der Waals surface area contributed by atoms with Crippen LogP contribution in [0.25, 0.3) is 0 Å². The van der Waals surface area contributed by atoms with Gasteiger partial charge in [-0.15, -0.1) is 0 Å². The van der Waals surface area contributed by atoms with Gasteiger partial charge in [-0.3, -0.25) is 0 Å². The normalized spacial score (nSPS) is 7.27. The summed E-state index contributed by atoms with van der Waals surface area (Å²) in [6, 6.07) is 40.0. The zero-order valence-electron chi connectivity index (χ0n) is 12.3. The van der Waals surface area contributed by atoms with E-state index in [9.17, 15) is 0 Å². The SMILES string of the molecule is [Ru+2].[Ru+2].c1cc[cH-]c1.c1cc[cH-]c1.c1cc[cH-]c1.c1cc[cH-]c1. The van der Waals surface area contributed by atoms with Gasteiger partial charge in [0.2, 0.25) is 0 Å². The molecule has 0 atom stereocenters. The van der Waals surface area contributed by atoms with Crippen LogP contribution in [0.5, 0.6) is 0 Å². The standard InChI is InChI=1S/4C5H5.2Ru/c4*1-2-4-5-3-1;;/h4*1-5H;;/q4*-1;2*+2. The maximum absolute atomic E-state index is 2.00. The molecule has 4 rings (SSSR count). The summed E-state index contributed by atoms with van der Waals surface area (Å²) in [6.07, 6.45) is 0. The predicted octanol–water partition coefficient (Wildman–Crippen LogP) is 5.62. The fourth-order valence-corrected chi connectivity index (χ4v) is 1.28. The Morgan fingerprint density at radius 2 is 0.409 bits per heavy atom. The minimum absolute atomic E-state index is 0. The van der Waals surface area contributed by atoms with Crippen molar-refractivity contribution in [3.63, 3.8) is 0 Å². The Bertz CT molecular complexity index is 341. The predicted molar refractivity (Wildman–Crippen MR) is 88.1 cm³/mol. The van der Waals surface area contributed by atoms with E-state index in [1.165, 1.54) is 0 Å². The van der Waals surface area contributed by atoms with E-state index in [4.69, 9.17) is 0 Å². The molecule has 0 spiro atoms. The smallest absolute Gasteiger partial charge is 0.214 e. The van der Waals surface area contributed by atoms with Crippen molar-refractivity contribution in [3.8, 4) is 0 Å². The zero-order valence-corrected chi connectivity index (χ0v) is 15.7. The summed E-state index contributed by atoms with van der Waals surface area (Å²) in [5.41, 5.74) is 0. The first-order valence-corrected chi connectivity index (χ1v) is 6.67. The van der Waals surface area contributed by atoms with Gasteiger partial charge in [-0.25, -0.2) is 48.5 Å². The molecule has 0 N–H and O–H groups in total. The summed E-state index contributed by atoms with van der Waals surface area (Å²) in [5, 5.41) is 0. The van der Waals surface area contributed by atoms with Gasteiger partial charge < -0.3 is 0 Å². The fraction of sp³-hybridized carbons (Fsp3) is 0. The third kappa shape index (κ3) is 16.7. The average molecular weight is 463 g/mol. The molecule has 0 saturated heterocycles. The molecule has 0 amide bonds. The van der Waals surface area contributed by atoms with Crippen LogP contribution in [0, 0.1) is 0 Å². The molecule has 116 valence electrons. The average Bonchev–Trinajstić information content (AvgIpc) is 3.40. The van der Waals surface area contributed by atoms with E-state index >= 15 is 0 Å². The Hall–Kier alpha value is -1.35. The largest absolute Gasteiger partial charge is 2.00 e. The molecule has 0 saturated carbocycles. The summed E-state index contributed by atoms with van der Waals surface area (Å²) >= 11 is 0. The molecule has 0 heterocycles. The van der Waals surface area contributed by atoms with Crippen LogP contribution in [0.4, 0.5) is 0 Å². The van der Waals surface area contributed by atoms with Crippen molar-refractivity contribution in [2.75, 3.05) is 0 Å². The molecule has 0 unspecified atom stereocenters. The first kappa shape index (κ1) is 22.9. The van der Waals surface area contributed by atoms with Crippen molar-refractivity contribution >= 4 is 0 Å². The van der Waals surface area contributed by atoms with E-state index < -0.39 is 0 Å². The van der Waals surface area contributed by atoms with Crippen molar-refractivity contribution < 1.29 is 39.0 Å². The Morgan fingerprint density at radius 1 is 0.273 bits per heavy atom. The van der Waals surface area contributed by atoms with E-state index in [1.807, 2.05) is 121 Å². The maximum atomic E-state index is 2.00. The fourth-order valence-electron chi connectivity index (χ4n) is 1.28. The van der Waals surface area contributed by atoms with Crippen molar-refractivity contribution in [1.82, 2.24) is 0 Å². The molecule has 0 aliphatic heterocycles. The van der Waals surface area contributed by atoms with E-state index in [1.54, 1.807) is 0 Å². The summed E-state index contributed by atoms with van der Waals surface area (Å²) in [6.45, 7) is 0. The Labute approximate surface area is 159 Å². The van der Waals surface area contributed by atoms with Gasteiger partial charge in [-0.2, -0.15) is 72.8 Å². The molecule has 4 aromatic rings. The molecule has 4 aromatic carbocycles. The molecule has 0 aromatic heterocycles. The van der Waals surface area contributed by atoms with Crippen molar-refractivity contribution in [3.05, 3.63) is 121 Å². The van der Waals surface area contributed by atoms with Gasteiger partial charge in [0, 0.05) is 0 Å². The van der Waals surface area contributed by atoms with E-state index in [0.29, 0.717) is 0 Å². The van der Waals surface area contributed by atoms with Crippen LogP contribution in [-0.2, 0) is 39.0 Å². The third-order valence-corrected chi connectivity index (χ3v) is 2.22. The molecule has 0 aliphatic carbocycles. The second kappa shape index (κ2) is 19.6. The molecule has 0 radical (unpaired) electrons. The van der Waals surface area contributed by atoms with E-state index in [-0.39, 0.29) is 39.0 Å². The Balaban J connectivity index is 0. The number of rotatable bonds is 0. The molecule has 0 fully saturated rings. The van der Waals surface area contributed by atoms with Crippen molar-refractivity contribution in [2.45, 2.75) is 0 Å². The van der Waals surface area contributed by atoms with Crippen LogP contribution in [0.1, 0.15) is 0 Å². The molecule has 2 heteroatoms. The van der Waals surface area contributed by atoms with Gasteiger partial charge in [-0.05, 0) is 0 Å². The minimum atomic E-state index is 0. The second-order valence-electron chi connectivity index (χ2n) is 3.85. The van der Waals surface area contributed by atoms with Crippen LogP contribution in [0.2, 0.25) is 0 Å². The molecule has 0 bridgehead atoms. The third-order valence-electron chi connectivity index (χ3n) is 2.22. The van der Waals surface area contributed by atoms with Crippen LogP contribution in [0.15, 0.2) is 121 Å². The molecule has 0 nitrogen and oxygen atoms in total. The molecular weight excluding hydrogens is 442 g/mol. The molecular formula is C20H20Ru2. The molecule has 0 aliphatic rings. The summed E-state index contributed by atoms with van der Waals surface area (Å²) < 4.78 is 0. The van der Waals surface area contributed by atoms with E-state index in [0.717, 1.165) is 0 Å². The van der Waals surface area contributed by atoms with Crippen LogP contribution in [0.3, 0.4) is 0 Å². The van der Waals surface area contributed by atoms with Gasteiger partial charge in [0.25, 0.3) is 0 Å². The quantitative estimate of drug-likeness (QED) is 0.235. The summed E-state index contributed by atoms with van der Waals surface area (Å²) in [4.78, 5) is 0. The molecule has 22 heavy (non-hydrogen) atoms. The zero-order chi connectivity index (χ0) is 14.1. The first-order valence-electron chi connectivity index (χ1n) is 6.67. The topological polar surface area (TPSA) is 0 Å². The van der Waals surface area contributed by atoms with Gasteiger partial charge >= 0.3 is 39.0 Å². The van der Waals surface area contributed by atoms with Gasteiger partial charge in [0.05, 0.1) is 0 Å². The van der Waals surface area contributed by atoms with Gasteiger partial charge in [0.15, 0.2) is 0 Å². The van der Waals surface area contributed by atoms with Crippen LogP contribution < -0.4 is 0 Å². The first-order chi connectivity index (χ1) is 10.0. The van der Waals surface area contributed by atoms with E-state index in [2.05, 4.69) is 0 Å².